The highest BCUT2D eigenvalue weighted by Crippen LogP contribution is 2.39. The summed E-state index contributed by atoms with van der Waals surface area (Å²) in [6.45, 7) is 1.46. The van der Waals surface area contributed by atoms with Gasteiger partial charge in [-0.3, -0.25) is 9.59 Å². The molecule has 2 N–H and O–H groups in total. The SMILES string of the molecule is CC(=O)Nc1ccc(NC(=O)CSc2nnc(Cc3cccs3)n2C2CC2)cc1. The highest BCUT2D eigenvalue weighted by molar-refractivity contribution is 7.99. The van der Waals surface area contributed by atoms with Gasteiger partial charge in [-0.15, -0.1) is 21.5 Å². The lowest BCUT2D eigenvalue weighted by atomic mass is 10.3. The first kappa shape index (κ1) is 19.7. The fraction of sp³-hybridized carbons (Fsp3) is 0.300. The molecule has 4 rings (SSSR count). The van der Waals surface area contributed by atoms with Crippen LogP contribution < -0.4 is 10.6 Å². The molecule has 0 aliphatic heterocycles. The third-order valence-electron chi connectivity index (χ3n) is 4.38. The summed E-state index contributed by atoms with van der Waals surface area (Å²) in [4.78, 5) is 24.7. The topological polar surface area (TPSA) is 88.9 Å². The van der Waals surface area contributed by atoms with Crippen LogP contribution in [0.2, 0.25) is 0 Å². The molecule has 0 spiro atoms. The van der Waals surface area contributed by atoms with Gasteiger partial charge in [0.25, 0.3) is 0 Å². The van der Waals surface area contributed by atoms with Gasteiger partial charge in [0.05, 0.1) is 5.75 Å². The maximum atomic E-state index is 12.4. The van der Waals surface area contributed by atoms with Crippen LogP contribution in [0.25, 0.3) is 0 Å². The average molecular weight is 428 g/mol. The van der Waals surface area contributed by atoms with Crippen LogP contribution in [-0.4, -0.2) is 32.3 Å². The van der Waals surface area contributed by atoms with Crippen LogP contribution in [0.5, 0.6) is 0 Å². The molecule has 1 saturated carbocycles. The summed E-state index contributed by atoms with van der Waals surface area (Å²) in [5.41, 5.74) is 1.38. The Bertz CT molecular complexity index is 995. The van der Waals surface area contributed by atoms with E-state index in [9.17, 15) is 9.59 Å². The first-order valence-electron chi connectivity index (χ1n) is 9.35. The second-order valence-electron chi connectivity index (χ2n) is 6.85. The van der Waals surface area contributed by atoms with Gasteiger partial charge in [0.15, 0.2) is 5.16 Å². The molecule has 0 unspecified atom stereocenters. The number of amides is 2. The van der Waals surface area contributed by atoms with Crippen molar-refractivity contribution in [3.8, 4) is 0 Å². The Morgan fingerprint density at radius 2 is 1.86 bits per heavy atom. The molecule has 150 valence electrons. The number of hydrogen-bond acceptors (Lipinski definition) is 6. The number of carbonyl (C=O) groups excluding carboxylic acids is 2. The van der Waals surface area contributed by atoms with Crippen LogP contribution in [0.4, 0.5) is 11.4 Å². The minimum Gasteiger partial charge on any atom is -0.326 e. The van der Waals surface area contributed by atoms with Gasteiger partial charge >= 0.3 is 0 Å². The summed E-state index contributed by atoms with van der Waals surface area (Å²) >= 11 is 3.13. The Morgan fingerprint density at radius 1 is 1.14 bits per heavy atom. The van der Waals surface area contributed by atoms with Gasteiger partial charge in [-0.1, -0.05) is 17.8 Å². The van der Waals surface area contributed by atoms with E-state index >= 15 is 0 Å². The molecule has 2 heterocycles. The number of nitrogens with zero attached hydrogens (tertiary/aromatic N) is 3. The van der Waals surface area contributed by atoms with Gasteiger partial charge in [0, 0.05) is 35.6 Å². The van der Waals surface area contributed by atoms with Crippen molar-refractivity contribution in [2.75, 3.05) is 16.4 Å². The van der Waals surface area contributed by atoms with E-state index in [1.807, 2.05) is 6.07 Å². The lowest BCUT2D eigenvalue weighted by molar-refractivity contribution is -0.114. The summed E-state index contributed by atoms with van der Waals surface area (Å²) in [5, 5.41) is 17.2. The fourth-order valence-corrected chi connectivity index (χ4v) is 4.49. The standard InChI is InChI=1S/C20H21N5O2S2/c1-13(26)21-14-4-6-15(7-5-14)22-19(27)12-29-20-24-23-18(25(20)16-8-9-16)11-17-3-2-10-28-17/h2-7,10,16H,8-9,11-12H2,1H3,(H,21,26)(H,22,27). The Balaban J connectivity index is 1.35. The van der Waals surface area contributed by atoms with Gasteiger partial charge in [-0.25, -0.2) is 0 Å². The van der Waals surface area contributed by atoms with Crippen LogP contribution in [0, 0.1) is 0 Å². The highest BCUT2D eigenvalue weighted by atomic mass is 32.2. The predicted molar refractivity (Wildman–Crippen MR) is 116 cm³/mol. The number of carbonyl (C=O) groups is 2. The molecule has 1 fully saturated rings. The maximum Gasteiger partial charge on any atom is 0.234 e. The average Bonchev–Trinajstić information content (AvgIpc) is 3.24. The maximum absolute atomic E-state index is 12.4. The second-order valence-corrected chi connectivity index (χ2v) is 8.83. The summed E-state index contributed by atoms with van der Waals surface area (Å²) in [5.74, 6) is 0.993. The van der Waals surface area contributed by atoms with Crippen LogP contribution in [-0.2, 0) is 16.0 Å². The summed E-state index contributed by atoms with van der Waals surface area (Å²) < 4.78 is 2.19. The third-order valence-corrected chi connectivity index (χ3v) is 6.20. The van der Waals surface area contributed by atoms with Crippen molar-refractivity contribution in [2.45, 2.75) is 37.4 Å². The Hall–Kier alpha value is -2.65. The van der Waals surface area contributed by atoms with E-state index in [0.29, 0.717) is 17.4 Å². The highest BCUT2D eigenvalue weighted by Gasteiger charge is 2.29. The smallest absolute Gasteiger partial charge is 0.234 e. The molecular formula is C20H21N5O2S2. The minimum absolute atomic E-state index is 0.104. The molecule has 0 atom stereocenters. The first-order chi connectivity index (χ1) is 14.1. The molecule has 0 bridgehead atoms. The summed E-state index contributed by atoms with van der Waals surface area (Å²) in [7, 11) is 0. The van der Waals surface area contributed by atoms with Crippen molar-refractivity contribution in [3.05, 3.63) is 52.5 Å². The Kier molecular flexibility index (Phi) is 5.96. The number of thiophene rings is 1. The van der Waals surface area contributed by atoms with E-state index in [1.165, 1.54) is 23.6 Å². The lowest BCUT2D eigenvalue weighted by Crippen LogP contribution is -2.15. The number of hydrogen-bond donors (Lipinski definition) is 2. The van der Waals surface area contributed by atoms with Crippen LogP contribution >= 0.6 is 23.1 Å². The molecule has 29 heavy (non-hydrogen) atoms. The molecular weight excluding hydrogens is 406 g/mol. The molecule has 2 aromatic heterocycles. The van der Waals surface area contributed by atoms with Crippen LogP contribution in [0.1, 0.15) is 36.5 Å². The van der Waals surface area contributed by atoms with Crippen molar-refractivity contribution < 1.29 is 9.59 Å². The van der Waals surface area contributed by atoms with E-state index in [2.05, 4.69) is 36.8 Å². The Morgan fingerprint density at radius 3 is 2.48 bits per heavy atom. The Labute approximate surface area is 176 Å². The van der Waals surface area contributed by atoms with Crippen LogP contribution in [0.15, 0.2) is 46.9 Å². The van der Waals surface area contributed by atoms with E-state index in [0.717, 1.165) is 30.2 Å². The molecule has 0 radical (unpaired) electrons. The van der Waals surface area contributed by atoms with Gasteiger partial charge in [0.2, 0.25) is 11.8 Å². The molecule has 1 aliphatic rings. The number of rotatable bonds is 8. The molecule has 1 aliphatic carbocycles. The molecule has 3 aromatic rings. The van der Waals surface area contributed by atoms with Gasteiger partial charge in [0.1, 0.15) is 5.82 Å². The minimum atomic E-state index is -0.128. The zero-order valence-corrected chi connectivity index (χ0v) is 17.6. The number of nitrogens with one attached hydrogen (secondary N) is 2. The van der Waals surface area contributed by atoms with Crippen molar-refractivity contribution in [2.24, 2.45) is 0 Å². The van der Waals surface area contributed by atoms with Crippen molar-refractivity contribution in [1.29, 1.82) is 0 Å². The largest absolute Gasteiger partial charge is 0.326 e. The number of thioether (sulfide) groups is 1. The van der Waals surface area contributed by atoms with E-state index in [4.69, 9.17) is 0 Å². The quantitative estimate of drug-likeness (QED) is 0.531. The van der Waals surface area contributed by atoms with Gasteiger partial charge < -0.3 is 15.2 Å². The zero-order chi connectivity index (χ0) is 20.2. The van der Waals surface area contributed by atoms with E-state index in [1.54, 1.807) is 35.6 Å². The fourth-order valence-electron chi connectivity index (χ4n) is 2.96. The van der Waals surface area contributed by atoms with Gasteiger partial charge in [-0.05, 0) is 48.6 Å². The van der Waals surface area contributed by atoms with E-state index in [-0.39, 0.29) is 17.6 Å². The molecule has 1 aromatic carbocycles. The summed E-state index contributed by atoms with van der Waals surface area (Å²) in [6.07, 6.45) is 3.04. The second kappa shape index (κ2) is 8.79. The molecule has 9 heteroatoms. The molecule has 2 amide bonds. The normalized spacial score (nSPS) is 13.3. The van der Waals surface area contributed by atoms with E-state index < -0.39 is 0 Å². The first-order valence-corrected chi connectivity index (χ1v) is 11.2. The lowest BCUT2D eigenvalue weighted by Gasteiger charge is -2.09. The van der Waals surface area contributed by atoms with Crippen molar-refractivity contribution >= 4 is 46.3 Å². The van der Waals surface area contributed by atoms with Gasteiger partial charge in [-0.2, -0.15) is 0 Å². The number of aromatic nitrogens is 3. The monoisotopic (exact) mass is 427 g/mol. The third kappa shape index (κ3) is 5.24. The number of benzene rings is 1. The zero-order valence-electron chi connectivity index (χ0n) is 15.9. The molecule has 0 saturated heterocycles. The molecule has 7 nitrogen and oxygen atoms in total. The summed E-state index contributed by atoms with van der Waals surface area (Å²) in [6, 6.07) is 11.6. The number of anilines is 2. The predicted octanol–water partition coefficient (Wildman–Crippen LogP) is 3.95. The van der Waals surface area contributed by atoms with Crippen molar-refractivity contribution in [3.63, 3.8) is 0 Å². The van der Waals surface area contributed by atoms with Crippen LogP contribution in [0.3, 0.4) is 0 Å². The van der Waals surface area contributed by atoms with Crippen molar-refractivity contribution in [1.82, 2.24) is 14.8 Å².